The Morgan fingerprint density at radius 2 is 1.89 bits per heavy atom. The van der Waals surface area contributed by atoms with Crippen LogP contribution in [0.3, 0.4) is 0 Å². The number of morpholine rings is 1. The van der Waals surface area contributed by atoms with Gasteiger partial charge in [0.2, 0.25) is 5.91 Å². The van der Waals surface area contributed by atoms with Crippen molar-refractivity contribution in [1.82, 2.24) is 0 Å². The highest BCUT2D eigenvalue weighted by molar-refractivity contribution is 5.94. The number of hydrogen-bond acceptors (Lipinski definition) is 3. The average Bonchev–Trinajstić information content (AvgIpc) is 3.18. The first kappa shape index (κ1) is 12.5. The highest BCUT2D eigenvalue weighted by Gasteiger charge is 2.39. The van der Waals surface area contributed by atoms with Crippen molar-refractivity contribution in [3.05, 3.63) is 24.3 Å². The maximum absolute atomic E-state index is 11.8. The highest BCUT2D eigenvalue weighted by Crippen LogP contribution is 2.38. The molecule has 4 heteroatoms. The van der Waals surface area contributed by atoms with E-state index >= 15 is 0 Å². The van der Waals surface area contributed by atoms with Gasteiger partial charge in [0.15, 0.2) is 0 Å². The number of carbonyl (C=O) groups is 1. The number of hydrogen-bond donors (Lipinski definition) is 1. The fourth-order valence-corrected chi connectivity index (χ4v) is 2.50. The van der Waals surface area contributed by atoms with E-state index in [4.69, 9.17) is 4.74 Å². The molecule has 1 saturated carbocycles. The lowest BCUT2D eigenvalue weighted by molar-refractivity contribution is -0.117. The van der Waals surface area contributed by atoms with Crippen molar-refractivity contribution in [1.29, 1.82) is 0 Å². The van der Waals surface area contributed by atoms with Crippen molar-refractivity contribution >= 4 is 17.3 Å². The third-order valence-electron chi connectivity index (χ3n) is 3.96. The van der Waals surface area contributed by atoms with Crippen molar-refractivity contribution in [2.45, 2.75) is 13.3 Å². The van der Waals surface area contributed by atoms with E-state index in [9.17, 15) is 4.79 Å². The van der Waals surface area contributed by atoms with Crippen LogP contribution in [-0.4, -0.2) is 32.2 Å². The molecule has 0 bridgehead atoms. The molecule has 4 nitrogen and oxygen atoms in total. The van der Waals surface area contributed by atoms with Crippen molar-refractivity contribution in [3.63, 3.8) is 0 Å². The lowest BCUT2D eigenvalue weighted by Gasteiger charge is -2.28. The summed E-state index contributed by atoms with van der Waals surface area (Å²) in [6.07, 6.45) is 1.03. The molecule has 2 aliphatic rings. The minimum Gasteiger partial charge on any atom is -0.378 e. The van der Waals surface area contributed by atoms with Crippen molar-refractivity contribution in [2.24, 2.45) is 11.8 Å². The van der Waals surface area contributed by atoms with Gasteiger partial charge in [0.1, 0.15) is 0 Å². The molecule has 1 heterocycles. The van der Waals surface area contributed by atoms with E-state index in [-0.39, 0.29) is 11.8 Å². The standard InChI is InChI=1S/C15H20N2O2/c1-11-10-14(11)15(18)16-12-2-4-13(5-3-12)17-6-8-19-9-7-17/h2-5,11,14H,6-10H2,1H3,(H,16,18)/t11-,14+/m1/s1. The van der Waals surface area contributed by atoms with Gasteiger partial charge < -0.3 is 15.0 Å². The van der Waals surface area contributed by atoms with Gasteiger partial charge in [-0.1, -0.05) is 6.92 Å². The topological polar surface area (TPSA) is 41.6 Å². The van der Waals surface area contributed by atoms with E-state index in [1.165, 1.54) is 5.69 Å². The monoisotopic (exact) mass is 260 g/mol. The maximum Gasteiger partial charge on any atom is 0.227 e. The van der Waals surface area contributed by atoms with Gasteiger partial charge in [-0.15, -0.1) is 0 Å². The summed E-state index contributed by atoms with van der Waals surface area (Å²) >= 11 is 0. The molecule has 2 atom stereocenters. The summed E-state index contributed by atoms with van der Waals surface area (Å²) in [5.41, 5.74) is 2.09. The fraction of sp³-hybridized carbons (Fsp3) is 0.533. The Morgan fingerprint density at radius 1 is 1.26 bits per heavy atom. The Balaban J connectivity index is 1.60. The van der Waals surface area contributed by atoms with Gasteiger partial charge in [-0.05, 0) is 36.6 Å². The summed E-state index contributed by atoms with van der Waals surface area (Å²) in [4.78, 5) is 14.1. The number of benzene rings is 1. The summed E-state index contributed by atoms with van der Waals surface area (Å²) in [6.45, 7) is 5.57. The first-order valence-electron chi connectivity index (χ1n) is 6.97. The Bertz CT molecular complexity index is 452. The Kier molecular flexibility index (Phi) is 3.42. The zero-order valence-electron chi connectivity index (χ0n) is 11.3. The summed E-state index contributed by atoms with van der Waals surface area (Å²) in [6, 6.07) is 8.10. The van der Waals surface area contributed by atoms with Gasteiger partial charge in [0, 0.05) is 30.4 Å². The molecule has 102 valence electrons. The number of carbonyl (C=O) groups excluding carboxylic acids is 1. The molecule has 3 rings (SSSR count). The van der Waals surface area contributed by atoms with Crippen LogP contribution >= 0.6 is 0 Å². The van der Waals surface area contributed by atoms with Gasteiger partial charge in [-0.25, -0.2) is 0 Å². The molecule has 0 spiro atoms. The van der Waals surface area contributed by atoms with Crippen LogP contribution in [0.5, 0.6) is 0 Å². The van der Waals surface area contributed by atoms with Crippen LogP contribution in [0.2, 0.25) is 0 Å². The molecule has 0 unspecified atom stereocenters. The summed E-state index contributed by atoms with van der Waals surface area (Å²) in [5.74, 6) is 0.929. The van der Waals surface area contributed by atoms with Gasteiger partial charge in [0.25, 0.3) is 0 Å². The van der Waals surface area contributed by atoms with Crippen LogP contribution in [0, 0.1) is 11.8 Å². The molecule has 1 amide bonds. The van der Waals surface area contributed by atoms with Crippen molar-refractivity contribution in [3.8, 4) is 0 Å². The number of ether oxygens (including phenoxy) is 1. The van der Waals surface area contributed by atoms with E-state index in [0.717, 1.165) is 38.4 Å². The number of nitrogens with one attached hydrogen (secondary N) is 1. The summed E-state index contributed by atoms with van der Waals surface area (Å²) < 4.78 is 5.34. The van der Waals surface area contributed by atoms with E-state index in [1.54, 1.807) is 0 Å². The second kappa shape index (κ2) is 5.21. The first-order chi connectivity index (χ1) is 9.24. The van der Waals surface area contributed by atoms with Gasteiger partial charge in [0.05, 0.1) is 13.2 Å². The lowest BCUT2D eigenvalue weighted by Crippen LogP contribution is -2.36. The molecule has 1 aliphatic carbocycles. The Hall–Kier alpha value is -1.55. The molecule has 1 N–H and O–H groups in total. The van der Waals surface area contributed by atoms with E-state index in [2.05, 4.69) is 29.3 Å². The number of nitrogens with zero attached hydrogens (tertiary/aromatic N) is 1. The minimum atomic E-state index is 0.159. The van der Waals surface area contributed by atoms with Crippen LogP contribution in [0.15, 0.2) is 24.3 Å². The SMILES string of the molecule is C[C@@H]1C[C@@H]1C(=O)Nc1ccc(N2CCOCC2)cc1. The van der Waals surface area contributed by atoms with Crippen molar-refractivity contribution < 1.29 is 9.53 Å². The molecule has 1 aromatic carbocycles. The quantitative estimate of drug-likeness (QED) is 0.905. The molecule has 0 aromatic heterocycles. The van der Waals surface area contributed by atoms with Crippen LogP contribution in [0.1, 0.15) is 13.3 Å². The molecule has 19 heavy (non-hydrogen) atoms. The zero-order valence-corrected chi connectivity index (χ0v) is 11.3. The Morgan fingerprint density at radius 3 is 2.47 bits per heavy atom. The Labute approximate surface area is 113 Å². The predicted octanol–water partition coefficient (Wildman–Crippen LogP) is 2.12. The van der Waals surface area contributed by atoms with Gasteiger partial charge >= 0.3 is 0 Å². The lowest BCUT2D eigenvalue weighted by atomic mass is 10.2. The van der Waals surface area contributed by atoms with Crippen LogP contribution in [0.25, 0.3) is 0 Å². The van der Waals surface area contributed by atoms with Crippen molar-refractivity contribution in [2.75, 3.05) is 36.5 Å². The van der Waals surface area contributed by atoms with E-state index in [1.807, 2.05) is 12.1 Å². The van der Waals surface area contributed by atoms with Crippen LogP contribution in [0.4, 0.5) is 11.4 Å². The third kappa shape index (κ3) is 2.89. The van der Waals surface area contributed by atoms with Gasteiger partial charge in [-0.3, -0.25) is 4.79 Å². The second-order valence-electron chi connectivity index (χ2n) is 5.46. The third-order valence-corrected chi connectivity index (χ3v) is 3.96. The molecular formula is C15H20N2O2. The molecule has 1 aromatic rings. The molecule has 1 aliphatic heterocycles. The summed E-state index contributed by atoms with van der Waals surface area (Å²) in [5, 5.41) is 2.98. The van der Waals surface area contributed by atoms with E-state index < -0.39 is 0 Å². The number of rotatable bonds is 3. The number of amides is 1. The minimum absolute atomic E-state index is 0.159. The highest BCUT2D eigenvalue weighted by atomic mass is 16.5. The van der Waals surface area contributed by atoms with Crippen LogP contribution in [-0.2, 0) is 9.53 Å². The molecular weight excluding hydrogens is 240 g/mol. The second-order valence-corrected chi connectivity index (χ2v) is 5.46. The molecule has 1 saturated heterocycles. The normalized spacial score (nSPS) is 26.1. The largest absolute Gasteiger partial charge is 0.378 e. The maximum atomic E-state index is 11.8. The zero-order chi connectivity index (χ0) is 13.2. The first-order valence-corrected chi connectivity index (χ1v) is 6.97. The summed E-state index contributed by atoms with van der Waals surface area (Å²) in [7, 11) is 0. The predicted molar refractivity (Wildman–Crippen MR) is 75.4 cm³/mol. The van der Waals surface area contributed by atoms with Crippen LogP contribution < -0.4 is 10.2 Å². The fourth-order valence-electron chi connectivity index (χ4n) is 2.50. The van der Waals surface area contributed by atoms with Gasteiger partial charge in [-0.2, -0.15) is 0 Å². The van der Waals surface area contributed by atoms with E-state index in [0.29, 0.717) is 5.92 Å². The smallest absolute Gasteiger partial charge is 0.227 e. The molecule has 0 radical (unpaired) electrons. The molecule has 2 fully saturated rings. The average molecular weight is 260 g/mol. The number of anilines is 2.